The van der Waals surface area contributed by atoms with Gasteiger partial charge < -0.3 is 5.73 Å². The van der Waals surface area contributed by atoms with Gasteiger partial charge in [-0.05, 0) is 44.0 Å². The van der Waals surface area contributed by atoms with Crippen LogP contribution in [0.1, 0.15) is 6.92 Å². The molecule has 2 N–H and O–H groups in total. The molecule has 1 aromatic rings. The quantitative estimate of drug-likeness (QED) is 0.734. The summed E-state index contributed by atoms with van der Waals surface area (Å²) in [5.41, 5.74) is 6.21. The second-order valence-electron chi connectivity index (χ2n) is 4.36. The summed E-state index contributed by atoms with van der Waals surface area (Å²) >= 11 is 8.38. The van der Waals surface area contributed by atoms with Crippen molar-refractivity contribution in [2.45, 2.75) is 17.1 Å². The molecule has 1 atom stereocenters. The second kappa shape index (κ2) is 5.93. The number of thioether (sulfide) groups is 1. The second-order valence-corrected chi connectivity index (χ2v) is 9.49. The van der Waals surface area contributed by atoms with Crippen molar-refractivity contribution in [3.05, 3.63) is 21.1 Å². The summed E-state index contributed by atoms with van der Waals surface area (Å²) in [5.74, 6) is 0.824. The van der Waals surface area contributed by atoms with E-state index in [0.29, 0.717) is 33.0 Å². The van der Waals surface area contributed by atoms with Crippen molar-refractivity contribution in [1.82, 2.24) is 4.31 Å². The molecular weight excluding hydrogens is 416 g/mol. The van der Waals surface area contributed by atoms with Crippen LogP contribution in [-0.4, -0.2) is 36.8 Å². The fraction of sp³-hybridized carbons (Fsp3) is 0.455. The molecule has 4 nitrogen and oxygen atoms in total. The molecule has 106 valence electrons. The summed E-state index contributed by atoms with van der Waals surface area (Å²) in [4.78, 5) is 0.251. The van der Waals surface area contributed by atoms with Gasteiger partial charge in [0.05, 0.1) is 0 Å². The van der Waals surface area contributed by atoms with Crippen LogP contribution >= 0.6 is 43.6 Å². The van der Waals surface area contributed by atoms with Crippen molar-refractivity contribution >= 4 is 59.3 Å². The highest BCUT2D eigenvalue weighted by molar-refractivity contribution is 9.11. The van der Waals surface area contributed by atoms with Crippen LogP contribution in [-0.2, 0) is 10.0 Å². The molecule has 0 radical (unpaired) electrons. The number of benzene rings is 1. The number of hydrogen-bond donors (Lipinski definition) is 1. The number of halogens is 2. The fourth-order valence-corrected chi connectivity index (χ4v) is 7.25. The predicted molar refractivity (Wildman–Crippen MR) is 86.9 cm³/mol. The van der Waals surface area contributed by atoms with Gasteiger partial charge in [0.1, 0.15) is 4.90 Å². The van der Waals surface area contributed by atoms with Crippen LogP contribution in [0.3, 0.4) is 0 Å². The molecule has 19 heavy (non-hydrogen) atoms. The first-order valence-corrected chi connectivity index (χ1v) is 9.76. The Morgan fingerprint density at radius 3 is 2.47 bits per heavy atom. The van der Waals surface area contributed by atoms with E-state index in [9.17, 15) is 8.42 Å². The normalized spacial score (nSPS) is 21.5. The maximum Gasteiger partial charge on any atom is 0.245 e. The molecule has 1 saturated heterocycles. The lowest BCUT2D eigenvalue weighted by molar-refractivity contribution is 0.423. The van der Waals surface area contributed by atoms with Crippen molar-refractivity contribution in [3.8, 4) is 0 Å². The third kappa shape index (κ3) is 3.29. The monoisotopic (exact) mass is 428 g/mol. The van der Waals surface area contributed by atoms with Crippen molar-refractivity contribution in [2.24, 2.45) is 0 Å². The summed E-state index contributed by atoms with van der Waals surface area (Å²) in [6.45, 7) is 3.12. The van der Waals surface area contributed by atoms with Gasteiger partial charge >= 0.3 is 0 Å². The average molecular weight is 430 g/mol. The van der Waals surface area contributed by atoms with Crippen molar-refractivity contribution in [2.75, 3.05) is 24.6 Å². The SMILES string of the molecule is CC1CN(S(=O)(=O)c2c(Br)cc(N)cc2Br)CCS1. The summed E-state index contributed by atoms with van der Waals surface area (Å²) in [6.07, 6.45) is 0. The van der Waals surface area contributed by atoms with E-state index in [0.717, 1.165) is 5.75 Å². The van der Waals surface area contributed by atoms with Crippen LogP contribution in [0, 0.1) is 0 Å². The Kier molecular flexibility index (Phi) is 4.88. The van der Waals surface area contributed by atoms with Crippen LogP contribution < -0.4 is 5.73 Å². The van der Waals surface area contributed by atoms with Crippen LogP contribution in [0.5, 0.6) is 0 Å². The minimum Gasteiger partial charge on any atom is -0.399 e. The lowest BCUT2D eigenvalue weighted by atomic mass is 10.3. The number of sulfonamides is 1. The van der Waals surface area contributed by atoms with Crippen LogP contribution in [0.15, 0.2) is 26.0 Å². The standard InChI is InChI=1S/C11H14Br2N2O2S2/c1-7-6-15(2-3-18-7)19(16,17)11-9(12)4-8(14)5-10(11)13/h4-5,7H,2-3,6,14H2,1H3. The Bertz CT molecular complexity index is 569. The van der Waals surface area contributed by atoms with E-state index < -0.39 is 10.0 Å². The van der Waals surface area contributed by atoms with Gasteiger partial charge in [-0.3, -0.25) is 0 Å². The minimum atomic E-state index is -3.50. The van der Waals surface area contributed by atoms with Crippen LogP contribution in [0.2, 0.25) is 0 Å². The lowest BCUT2D eigenvalue weighted by Gasteiger charge is -2.30. The number of anilines is 1. The summed E-state index contributed by atoms with van der Waals surface area (Å²) in [5, 5.41) is 0.315. The zero-order valence-corrected chi connectivity index (χ0v) is 15.1. The molecule has 0 saturated carbocycles. The first-order chi connectivity index (χ1) is 8.82. The molecule has 1 heterocycles. The lowest BCUT2D eigenvalue weighted by Crippen LogP contribution is -2.41. The van der Waals surface area contributed by atoms with E-state index in [1.165, 1.54) is 4.31 Å². The predicted octanol–water partition coefficient (Wildman–Crippen LogP) is 2.92. The number of nitrogens with zero attached hydrogens (tertiary/aromatic N) is 1. The Labute approximate surface area is 134 Å². The van der Waals surface area contributed by atoms with Gasteiger partial charge in [-0.2, -0.15) is 16.1 Å². The van der Waals surface area contributed by atoms with E-state index in [-0.39, 0.29) is 4.90 Å². The number of nitrogen functional groups attached to an aromatic ring is 1. The third-order valence-corrected chi connectivity index (χ3v) is 7.70. The number of rotatable bonds is 2. The van der Waals surface area contributed by atoms with Crippen molar-refractivity contribution in [3.63, 3.8) is 0 Å². The molecule has 8 heteroatoms. The maximum atomic E-state index is 12.7. The fourth-order valence-electron chi connectivity index (χ4n) is 1.96. The molecule has 0 spiro atoms. The largest absolute Gasteiger partial charge is 0.399 e. The first kappa shape index (κ1) is 15.6. The van der Waals surface area contributed by atoms with E-state index in [1.807, 2.05) is 6.92 Å². The molecule has 2 rings (SSSR count). The molecular formula is C11H14Br2N2O2S2. The number of nitrogens with two attached hydrogens (primary N) is 1. The highest BCUT2D eigenvalue weighted by atomic mass is 79.9. The number of hydrogen-bond acceptors (Lipinski definition) is 4. The smallest absolute Gasteiger partial charge is 0.245 e. The van der Waals surface area contributed by atoms with Gasteiger partial charge in [0, 0.05) is 38.7 Å². The summed E-state index contributed by atoms with van der Waals surface area (Å²) < 4.78 is 27.9. The van der Waals surface area contributed by atoms with E-state index >= 15 is 0 Å². The summed E-state index contributed by atoms with van der Waals surface area (Å²) in [6, 6.07) is 3.22. The molecule has 0 aromatic heterocycles. The summed E-state index contributed by atoms with van der Waals surface area (Å²) in [7, 11) is -3.50. The van der Waals surface area contributed by atoms with Gasteiger partial charge in [0.2, 0.25) is 10.0 Å². The molecule has 1 aliphatic rings. The van der Waals surface area contributed by atoms with Gasteiger partial charge in [-0.15, -0.1) is 0 Å². The Morgan fingerprint density at radius 1 is 1.37 bits per heavy atom. The Morgan fingerprint density at radius 2 is 1.95 bits per heavy atom. The van der Waals surface area contributed by atoms with Crippen molar-refractivity contribution in [1.29, 1.82) is 0 Å². The molecule has 0 bridgehead atoms. The maximum absolute atomic E-state index is 12.7. The minimum absolute atomic E-state index is 0.251. The highest BCUT2D eigenvalue weighted by Crippen LogP contribution is 2.35. The first-order valence-electron chi connectivity index (χ1n) is 5.68. The Balaban J connectivity index is 2.45. The van der Waals surface area contributed by atoms with Gasteiger partial charge in [-0.25, -0.2) is 8.42 Å². The zero-order valence-electron chi connectivity index (χ0n) is 10.3. The van der Waals surface area contributed by atoms with E-state index in [4.69, 9.17) is 5.73 Å². The van der Waals surface area contributed by atoms with E-state index in [1.54, 1.807) is 23.9 Å². The topological polar surface area (TPSA) is 63.4 Å². The third-order valence-electron chi connectivity index (χ3n) is 2.82. The highest BCUT2D eigenvalue weighted by Gasteiger charge is 2.32. The zero-order chi connectivity index (χ0) is 14.2. The van der Waals surface area contributed by atoms with Crippen LogP contribution in [0.4, 0.5) is 5.69 Å². The Hall–Kier alpha value is 0.240. The van der Waals surface area contributed by atoms with Crippen molar-refractivity contribution < 1.29 is 8.42 Å². The molecule has 1 aliphatic heterocycles. The van der Waals surface area contributed by atoms with Gasteiger partial charge in [-0.1, -0.05) is 6.92 Å². The molecule has 0 aliphatic carbocycles. The molecule has 0 amide bonds. The molecule has 1 unspecified atom stereocenters. The molecule has 1 fully saturated rings. The van der Waals surface area contributed by atoms with Gasteiger partial charge in [0.25, 0.3) is 0 Å². The van der Waals surface area contributed by atoms with E-state index in [2.05, 4.69) is 31.9 Å². The van der Waals surface area contributed by atoms with Gasteiger partial charge in [0.15, 0.2) is 0 Å². The van der Waals surface area contributed by atoms with Crippen LogP contribution in [0.25, 0.3) is 0 Å². The average Bonchev–Trinajstić information content (AvgIpc) is 2.26. The molecule has 1 aromatic carbocycles.